The van der Waals surface area contributed by atoms with Gasteiger partial charge in [0.15, 0.2) is 0 Å². The fraction of sp³-hybridized carbons (Fsp3) is 0.105. The van der Waals surface area contributed by atoms with E-state index in [1.54, 1.807) is 30.7 Å². The molecule has 0 aliphatic heterocycles. The number of aryl methyl sites for hydroxylation is 1. The van der Waals surface area contributed by atoms with Crippen molar-refractivity contribution in [2.24, 2.45) is 5.73 Å². The average Bonchev–Trinajstić information content (AvgIpc) is 3.25. The van der Waals surface area contributed by atoms with E-state index in [-0.39, 0.29) is 12.0 Å². The molecule has 0 saturated carbocycles. The second-order valence-electron chi connectivity index (χ2n) is 6.08. The number of benzene rings is 2. The molecule has 7 nitrogen and oxygen atoms in total. The third kappa shape index (κ3) is 2.59. The number of nitrogens with zero attached hydrogens (tertiary/aromatic N) is 3. The molecule has 0 spiro atoms. The molecule has 0 fully saturated rings. The molecule has 0 aliphatic carbocycles. The lowest BCUT2D eigenvalue weighted by Gasteiger charge is -2.07. The van der Waals surface area contributed by atoms with Gasteiger partial charge in [0.1, 0.15) is 0 Å². The molecule has 0 aliphatic rings. The number of carbonyl (C=O) groups excluding carboxylic acids is 1. The minimum absolute atomic E-state index is 0.180. The van der Waals surface area contributed by atoms with Crippen LogP contribution < -0.4 is 5.73 Å². The minimum Gasteiger partial charge on any atom is -0.478 e. The zero-order chi connectivity index (χ0) is 18.3. The van der Waals surface area contributed by atoms with Crippen LogP contribution in [0.2, 0.25) is 0 Å². The Morgan fingerprint density at radius 1 is 1.08 bits per heavy atom. The van der Waals surface area contributed by atoms with E-state index >= 15 is 0 Å². The summed E-state index contributed by atoms with van der Waals surface area (Å²) in [5, 5.41) is 11.2. The Hall–Kier alpha value is -3.61. The molecule has 1 amide bonds. The topological polar surface area (TPSA) is 103 Å². The molecule has 3 N–H and O–H groups in total. The molecule has 4 aromatic rings. The molecule has 0 bridgehead atoms. The van der Waals surface area contributed by atoms with Crippen LogP contribution in [0.15, 0.2) is 55.1 Å². The van der Waals surface area contributed by atoms with Crippen LogP contribution in [0.4, 0.5) is 0 Å². The molecular weight excluding hydrogens is 332 g/mol. The molecule has 0 radical (unpaired) electrons. The lowest BCUT2D eigenvalue weighted by Crippen LogP contribution is -2.13. The molecule has 4 rings (SSSR count). The Kier molecular flexibility index (Phi) is 3.69. The zero-order valence-corrected chi connectivity index (χ0v) is 13.8. The second-order valence-corrected chi connectivity index (χ2v) is 6.08. The number of primary amides is 1. The Labute approximate surface area is 148 Å². The molecule has 0 unspecified atom stereocenters. The van der Waals surface area contributed by atoms with Crippen LogP contribution >= 0.6 is 0 Å². The highest BCUT2D eigenvalue weighted by Gasteiger charge is 2.14. The Morgan fingerprint density at radius 2 is 1.92 bits per heavy atom. The van der Waals surface area contributed by atoms with Crippen LogP contribution in [-0.4, -0.2) is 31.1 Å². The number of hydrogen-bond acceptors (Lipinski definition) is 3. The monoisotopic (exact) mass is 348 g/mol. The number of nitrogens with two attached hydrogens (primary N) is 1. The van der Waals surface area contributed by atoms with Crippen molar-refractivity contribution >= 4 is 33.7 Å². The smallest absolute Gasteiger partial charge is 0.335 e. The number of carbonyl (C=O) groups is 2. The molecule has 2 heterocycles. The first-order valence-corrected chi connectivity index (χ1v) is 8.10. The van der Waals surface area contributed by atoms with Gasteiger partial charge in [0, 0.05) is 52.9 Å². The normalized spacial score (nSPS) is 11.2. The first kappa shape index (κ1) is 15.9. The molecule has 130 valence electrons. The van der Waals surface area contributed by atoms with E-state index in [4.69, 9.17) is 5.73 Å². The molecule has 2 aromatic carbocycles. The van der Waals surface area contributed by atoms with Gasteiger partial charge in [0.2, 0.25) is 5.91 Å². The summed E-state index contributed by atoms with van der Waals surface area (Å²) in [7, 11) is 0. The second kappa shape index (κ2) is 6.03. The van der Waals surface area contributed by atoms with Gasteiger partial charge in [0.25, 0.3) is 0 Å². The van der Waals surface area contributed by atoms with Gasteiger partial charge in [-0.3, -0.25) is 4.79 Å². The summed E-state index contributed by atoms with van der Waals surface area (Å²) in [5.41, 5.74) is 8.15. The quantitative estimate of drug-likeness (QED) is 0.578. The van der Waals surface area contributed by atoms with Crippen molar-refractivity contribution < 1.29 is 14.7 Å². The molecule has 0 saturated heterocycles. The highest BCUT2D eigenvalue weighted by Crippen LogP contribution is 2.31. The standard InChI is InChI=1S/C19H16N4O3/c20-18(24)5-7-23-16-4-2-13(22-8-6-21-11-22)10-15(16)14-3-1-12(19(25)26)9-17(14)23/h1-4,6,8-11H,5,7H2,(H2,20,24)(H,25,26). The number of aromatic carboxylic acids is 1. The number of hydrogen-bond donors (Lipinski definition) is 2. The van der Waals surface area contributed by atoms with Gasteiger partial charge >= 0.3 is 5.97 Å². The van der Waals surface area contributed by atoms with Gasteiger partial charge in [-0.25, -0.2) is 9.78 Å². The van der Waals surface area contributed by atoms with Crippen molar-refractivity contribution in [3.63, 3.8) is 0 Å². The summed E-state index contributed by atoms with van der Waals surface area (Å²) in [4.78, 5) is 26.7. The van der Waals surface area contributed by atoms with Crippen LogP contribution in [0.1, 0.15) is 16.8 Å². The Morgan fingerprint density at radius 3 is 2.62 bits per heavy atom. The fourth-order valence-electron chi connectivity index (χ4n) is 3.26. The number of carboxylic acid groups (broad SMARTS) is 1. The summed E-state index contributed by atoms with van der Waals surface area (Å²) < 4.78 is 3.84. The minimum atomic E-state index is -0.988. The fourth-order valence-corrected chi connectivity index (χ4v) is 3.26. The number of fused-ring (bicyclic) bond motifs is 3. The summed E-state index contributed by atoms with van der Waals surface area (Å²) >= 11 is 0. The average molecular weight is 348 g/mol. The predicted octanol–water partition coefficient (Wildman–Crippen LogP) is 2.55. The first-order valence-electron chi connectivity index (χ1n) is 8.10. The van der Waals surface area contributed by atoms with E-state index < -0.39 is 11.9 Å². The SMILES string of the molecule is NC(=O)CCn1c2ccc(-n3ccnc3)cc2c2ccc(C(=O)O)cc21. The van der Waals surface area contributed by atoms with Crippen molar-refractivity contribution in [2.75, 3.05) is 0 Å². The van der Waals surface area contributed by atoms with Crippen LogP contribution in [0, 0.1) is 0 Å². The zero-order valence-electron chi connectivity index (χ0n) is 13.8. The van der Waals surface area contributed by atoms with Crippen LogP contribution in [0.5, 0.6) is 0 Å². The van der Waals surface area contributed by atoms with Crippen molar-refractivity contribution in [3.8, 4) is 5.69 Å². The number of carboxylic acids is 1. The van der Waals surface area contributed by atoms with E-state index in [2.05, 4.69) is 4.98 Å². The maximum Gasteiger partial charge on any atom is 0.335 e. The summed E-state index contributed by atoms with van der Waals surface area (Å²) in [6.07, 6.45) is 5.46. The highest BCUT2D eigenvalue weighted by molar-refractivity contribution is 6.10. The molecular formula is C19H16N4O3. The lowest BCUT2D eigenvalue weighted by atomic mass is 10.1. The van der Waals surface area contributed by atoms with E-state index in [9.17, 15) is 14.7 Å². The highest BCUT2D eigenvalue weighted by atomic mass is 16.4. The largest absolute Gasteiger partial charge is 0.478 e. The third-order valence-corrected chi connectivity index (χ3v) is 4.48. The van der Waals surface area contributed by atoms with Crippen molar-refractivity contribution in [1.29, 1.82) is 0 Å². The van der Waals surface area contributed by atoms with E-state index in [0.29, 0.717) is 6.54 Å². The Balaban J connectivity index is 1.98. The van der Waals surface area contributed by atoms with Crippen LogP contribution in [0.25, 0.3) is 27.5 Å². The van der Waals surface area contributed by atoms with Gasteiger partial charge in [0.05, 0.1) is 11.9 Å². The van der Waals surface area contributed by atoms with Gasteiger partial charge in [-0.05, 0) is 30.3 Å². The third-order valence-electron chi connectivity index (χ3n) is 4.48. The maximum atomic E-state index is 11.4. The lowest BCUT2D eigenvalue weighted by molar-refractivity contribution is -0.118. The van der Waals surface area contributed by atoms with Crippen LogP contribution in [0.3, 0.4) is 0 Å². The summed E-state index contributed by atoms with van der Waals surface area (Å²) in [5.74, 6) is -1.39. The number of imidazole rings is 1. The predicted molar refractivity (Wildman–Crippen MR) is 97.3 cm³/mol. The van der Waals surface area contributed by atoms with Crippen molar-refractivity contribution in [1.82, 2.24) is 14.1 Å². The van der Waals surface area contributed by atoms with Crippen molar-refractivity contribution in [3.05, 3.63) is 60.7 Å². The van der Waals surface area contributed by atoms with Gasteiger partial charge in [-0.1, -0.05) is 6.07 Å². The number of rotatable bonds is 5. The number of aromatic nitrogens is 3. The van der Waals surface area contributed by atoms with Gasteiger partial charge in [-0.2, -0.15) is 0 Å². The Bertz CT molecular complexity index is 1140. The van der Waals surface area contributed by atoms with Gasteiger partial charge in [-0.15, -0.1) is 0 Å². The van der Waals surface area contributed by atoms with E-state index in [1.807, 2.05) is 33.5 Å². The number of amides is 1. The summed E-state index contributed by atoms with van der Waals surface area (Å²) in [6, 6.07) is 11.0. The van der Waals surface area contributed by atoms with Crippen LogP contribution in [-0.2, 0) is 11.3 Å². The van der Waals surface area contributed by atoms with E-state index in [1.165, 1.54) is 0 Å². The van der Waals surface area contributed by atoms with Gasteiger partial charge < -0.3 is 20.0 Å². The molecule has 2 aromatic heterocycles. The molecule has 7 heteroatoms. The molecule has 0 atom stereocenters. The summed E-state index contributed by atoms with van der Waals surface area (Å²) in [6.45, 7) is 0.392. The van der Waals surface area contributed by atoms with E-state index in [0.717, 1.165) is 27.5 Å². The van der Waals surface area contributed by atoms with Crippen molar-refractivity contribution in [2.45, 2.75) is 13.0 Å². The maximum absolute atomic E-state index is 11.4. The first-order chi connectivity index (χ1) is 12.5. The molecule has 26 heavy (non-hydrogen) atoms.